The van der Waals surface area contributed by atoms with Crippen LogP contribution in [0, 0.1) is 6.92 Å². The summed E-state index contributed by atoms with van der Waals surface area (Å²) in [6, 6.07) is 13.2. The Kier molecular flexibility index (Phi) is 5.35. The van der Waals surface area contributed by atoms with Crippen LogP contribution in [-0.2, 0) is 17.7 Å². The van der Waals surface area contributed by atoms with Crippen molar-refractivity contribution in [3.63, 3.8) is 0 Å². The second kappa shape index (κ2) is 8.31. The lowest BCUT2D eigenvalue weighted by atomic mass is 10.0. The molecule has 0 unspecified atom stereocenters. The molecule has 162 valence electrons. The van der Waals surface area contributed by atoms with Gasteiger partial charge in [0.1, 0.15) is 15.5 Å². The number of carbonyl (C=O) groups excluding carboxylic acids is 2. The van der Waals surface area contributed by atoms with Crippen molar-refractivity contribution >= 4 is 44.1 Å². The topological polar surface area (TPSA) is 78.3 Å². The molecule has 0 amide bonds. The van der Waals surface area contributed by atoms with Crippen LogP contribution in [0.3, 0.4) is 0 Å². The minimum absolute atomic E-state index is 0.0908. The standard InChI is InChI=1S/C25H22N2O4S/c1-15-21-23(26-20-9-3-2-6-12-27(20)24(21)29)32-22(15)25(30)31-14-19(28)18-11-10-16-7-4-5-8-17(16)13-18/h4-5,7-8,10-11,13H,2-3,6,9,12,14H2,1H3. The molecule has 0 bridgehead atoms. The van der Waals surface area contributed by atoms with Crippen molar-refractivity contribution in [2.24, 2.45) is 0 Å². The number of Topliss-reactive ketones (excluding diaryl/α,β-unsaturated/α-hetero) is 1. The zero-order chi connectivity index (χ0) is 22.2. The average Bonchev–Trinajstić information content (AvgIpc) is 2.97. The fourth-order valence-electron chi connectivity index (χ4n) is 4.25. The quantitative estimate of drug-likeness (QED) is 0.336. The lowest BCUT2D eigenvalue weighted by molar-refractivity contribution is 0.0479. The SMILES string of the molecule is Cc1c(C(=O)OCC(=O)c2ccc3ccccc3c2)sc2nc3n(c(=O)c12)CCCCC3. The molecule has 2 aromatic carbocycles. The van der Waals surface area contributed by atoms with E-state index in [2.05, 4.69) is 4.98 Å². The van der Waals surface area contributed by atoms with Crippen molar-refractivity contribution < 1.29 is 14.3 Å². The molecule has 0 radical (unpaired) electrons. The Bertz CT molecular complexity index is 1430. The molecule has 2 aromatic heterocycles. The van der Waals surface area contributed by atoms with Gasteiger partial charge in [-0.25, -0.2) is 9.78 Å². The Balaban J connectivity index is 1.38. The Morgan fingerprint density at radius 2 is 1.91 bits per heavy atom. The highest BCUT2D eigenvalue weighted by atomic mass is 32.1. The van der Waals surface area contributed by atoms with Crippen LogP contribution in [0.2, 0.25) is 0 Å². The smallest absolute Gasteiger partial charge is 0.349 e. The van der Waals surface area contributed by atoms with Crippen LogP contribution >= 0.6 is 11.3 Å². The van der Waals surface area contributed by atoms with Crippen LogP contribution < -0.4 is 5.56 Å². The fourth-order valence-corrected chi connectivity index (χ4v) is 5.33. The van der Waals surface area contributed by atoms with E-state index in [4.69, 9.17) is 4.74 Å². The van der Waals surface area contributed by atoms with Gasteiger partial charge < -0.3 is 4.74 Å². The number of hydrogen-bond donors (Lipinski definition) is 0. The van der Waals surface area contributed by atoms with Crippen molar-refractivity contribution in [3.8, 4) is 0 Å². The molecule has 0 fully saturated rings. The number of benzene rings is 2. The van der Waals surface area contributed by atoms with Gasteiger partial charge in [0.15, 0.2) is 12.4 Å². The van der Waals surface area contributed by atoms with Crippen LogP contribution in [0.5, 0.6) is 0 Å². The van der Waals surface area contributed by atoms with Gasteiger partial charge in [0, 0.05) is 18.5 Å². The summed E-state index contributed by atoms with van der Waals surface area (Å²) >= 11 is 1.16. The molecule has 1 aliphatic heterocycles. The van der Waals surface area contributed by atoms with Crippen molar-refractivity contribution in [3.05, 3.63) is 74.6 Å². The first-order chi connectivity index (χ1) is 15.5. The lowest BCUT2D eigenvalue weighted by Gasteiger charge is -2.08. The highest BCUT2D eigenvalue weighted by Gasteiger charge is 2.23. The summed E-state index contributed by atoms with van der Waals surface area (Å²) in [7, 11) is 0. The second-order valence-corrected chi connectivity index (χ2v) is 9.09. The number of hydrogen-bond acceptors (Lipinski definition) is 6. The third kappa shape index (κ3) is 3.62. The fraction of sp³-hybridized carbons (Fsp3) is 0.280. The number of carbonyl (C=O) groups is 2. The van der Waals surface area contributed by atoms with E-state index < -0.39 is 5.97 Å². The van der Waals surface area contributed by atoms with Crippen LogP contribution in [-0.4, -0.2) is 27.9 Å². The number of thiophene rings is 1. The number of esters is 1. The number of rotatable bonds is 4. The van der Waals surface area contributed by atoms with Gasteiger partial charge in [-0.05, 0) is 42.2 Å². The molecular weight excluding hydrogens is 424 g/mol. The maximum atomic E-state index is 13.1. The molecule has 32 heavy (non-hydrogen) atoms. The van der Waals surface area contributed by atoms with E-state index in [-0.39, 0.29) is 17.9 Å². The molecule has 5 rings (SSSR count). The van der Waals surface area contributed by atoms with E-state index in [0.29, 0.717) is 32.8 Å². The van der Waals surface area contributed by atoms with E-state index >= 15 is 0 Å². The first kappa shape index (κ1) is 20.6. The predicted molar refractivity (Wildman–Crippen MR) is 125 cm³/mol. The van der Waals surface area contributed by atoms with E-state index in [9.17, 15) is 14.4 Å². The largest absolute Gasteiger partial charge is 0.453 e. The van der Waals surface area contributed by atoms with Crippen LogP contribution in [0.4, 0.5) is 0 Å². The number of aryl methyl sites for hydroxylation is 2. The Hall–Kier alpha value is -3.32. The zero-order valence-electron chi connectivity index (χ0n) is 17.7. The summed E-state index contributed by atoms with van der Waals surface area (Å²) in [4.78, 5) is 44.0. The number of ether oxygens (including phenoxy) is 1. The van der Waals surface area contributed by atoms with Crippen molar-refractivity contribution in [1.29, 1.82) is 0 Å². The molecule has 0 atom stereocenters. The molecule has 0 saturated heterocycles. The summed E-state index contributed by atoms with van der Waals surface area (Å²) in [5.74, 6) is -0.0836. The number of nitrogens with zero attached hydrogens (tertiary/aromatic N) is 2. The van der Waals surface area contributed by atoms with Crippen molar-refractivity contribution in [2.75, 3.05) is 6.61 Å². The van der Waals surface area contributed by atoms with Crippen LogP contribution in [0.25, 0.3) is 21.0 Å². The number of fused-ring (bicyclic) bond motifs is 3. The highest BCUT2D eigenvalue weighted by Crippen LogP contribution is 2.29. The van der Waals surface area contributed by atoms with Gasteiger partial charge in [-0.15, -0.1) is 11.3 Å². The van der Waals surface area contributed by atoms with Crippen molar-refractivity contribution in [2.45, 2.75) is 39.2 Å². The molecule has 0 saturated carbocycles. The van der Waals surface area contributed by atoms with Crippen LogP contribution in [0.1, 0.15) is 50.7 Å². The lowest BCUT2D eigenvalue weighted by Crippen LogP contribution is -2.24. The summed E-state index contributed by atoms with van der Waals surface area (Å²) < 4.78 is 7.08. The molecule has 0 aliphatic carbocycles. The minimum Gasteiger partial charge on any atom is -0.453 e. The van der Waals surface area contributed by atoms with E-state index in [1.54, 1.807) is 23.6 Å². The van der Waals surface area contributed by atoms with Gasteiger partial charge in [0.25, 0.3) is 5.56 Å². The molecule has 7 heteroatoms. The van der Waals surface area contributed by atoms with Gasteiger partial charge in [0.2, 0.25) is 0 Å². The van der Waals surface area contributed by atoms with Gasteiger partial charge in [-0.2, -0.15) is 0 Å². The van der Waals surface area contributed by atoms with E-state index in [0.717, 1.165) is 53.6 Å². The van der Waals surface area contributed by atoms with E-state index in [1.165, 1.54) is 0 Å². The van der Waals surface area contributed by atoms with Crippen molar-refractivity contribution in [1.82, 2.24) is 9.55 Å². The Morgan fingerprint density at radius 1 is 1.09 bits per heavy atom. The average molecular weight is 447 g/mol. The summed E-state index contributed by atoms with van der Waals surface area (Å²) in [6.45, 7) is 2.05. The molecule has 0 spiro atoms. The summed E-state index contributed by atoms with van der Waals surface area (Å²) in [6.07, 6.45) is 3.81. The summed E-state index contributed by atoms with van der Waals surface area (Å²) in [5.41, 5.74) is 0.977. The molecule has 0 N–H and O–H groups in total. The van der Waals surface area contributed by atoms with Gasteiger partial charge >= 0.3 is 5.97 Å². The zero-order valence-corrected chi connectivity index (χ0v) is 18.5. The third-order valence-corrected chi connectivity index (χ3v) is 7.17. The molecular formula is C25H22N2O4S. The first-order valence-electron chi connectivity index (χ1n) is 10.7. The normalized spacial score (nSPS) is 13.7. The first-order valence-corrected chi connectivity index (χ1v) is 11.6. The molecule has 1 aliphatic rings. The molecule has 4 aromatic rings. The van der Waals surface area contributed by atoms with Gasteiger partial charge in [-0.1, -0.05) is 42.8 Å². The number of aromatic nitrogens is 2. The Morgan fingerprint density at radius 3 is 2.75 bits per heavy atom. The maximum Gasteiger partial charge on any atom is 0.349 e. The van der Waals surface area contributed by atoms with Gasteiger partial charge in [-0.3, -0.25) is 14.2 Å². The minimum atomic E-state index is -0.598. The summed E-state index contributed by atoms with van der Waals surface area (Å²) in [5, 5.41) is 2.48. The predicted octanol–water partition coefficient (Wildman–Crippen LogP) is 4.69. The van der Waals surface area contributed by atoms with E-state index in [1.807, 2.05) is 30.3 Å². The number of ketones is 1. The molecule has 6 nitrogen and oxygen atoms in total. The third-order valence-electron chi connectivity index (χ3n) is 6.00. The second-order valence-electron chi connectivity index (χ2n) is 8.09. The van der Waals surface area contributed by atoms with Gasteiger partial charge in [0.05, 0.1) is 5.39 Å². The van der Waals surface area contributed by atoms with Crippen LogP contribution in [0.15, 0.2) is 47.3 Å². The highest BCUT2D eigenvalue weighted by molar-refractivity contribution is 7.20. The Labute approximate surface area is 188 Å². The maximum absolute atomic E-state index is 13.1. The monoisotopic (exact) mass is 446 g/mol. The molecule has 3 heterocycles.